The minimum absolute atomic E-state index is 0.557. The van der Waals surface area contributed by atoms with Gasteiger partial charge in [0.1, 0.15) is 0 Å². The van der Waals surface area contributed by atoms with Crippen LogP contribution in [0.25, 0.3) is 0 Å². The lowest BCUT2D eigenvalue weighted by atomic mass is 9.70. The van der Waals surface area contributed by atoms with E-state index in [1.807, 2.05) is 11.3 Å². The van der Waals surface area contributed by atoms with E-state index in [1.165, 1.54) is 38.5 Å². The molecule has 2 heteroatoms. The van der Waals surface area contributed by atoms with Gasteiger partial charge in [-0.1, -0.05) is 20.8 Å². The van der Waals surface area contributed by atoms with Crippen molar-refractivity contribution < 1.29 is 0 Å². The molecule has 0 aromatic carbocycles. The van der Waals surface area contributed by atoms with Crippen LogP contribution in [0, 0.1) is 11.3 Å². The van der Waals surface area contributed by atoms with Crippen LogP contribution in [-0.2, 0) is 19.4 Å². The zero-order valence-corrected chi connectivity index (χ0v) is 13.4. The van der Waals surface area contributed by atoms with Gasteiger partial charge in [0.15, 0.2) is 0 Å². The lowest BCUT2D eigenvalue weighted by Gasteiger charge is -2.39. The van der Waals surface area contributed by atoms with Gasteiger partial charge in [-0.3, -0.25) is 0 Å². The van der Waals surface area contributed by atoms with Crippen LogP contribution >= 0.6 is 11.3 Å². The number of aryl methyl sites for hydroxylation is 2. The molecule has 1 nitrogen and oxygen atoms in total. The van der Waals surface area contributed by atoms with Crippen LogP contribution in [0.3, 0.4) is 0 Å². The number of thiophene rings is 1. The fourth-order valence-corrected chi connectivity index (χ4v) is 5.17. The minimum atomic E-state index is 0.557. The molecule has 2 aliphatic carbocycles. The molecule has 19 heavy (non-hydrogen) atoms. The van der Waals surface area contributed by atoms with Gasteiger partial charge in [-0.25, -0.2) is 0 Å². The number of fused-ring (bicyclic) bond motifs is 1. The minimum Gasteiger partial charge on any atom is -0.309 e. The fraction of sp³-hybridized carbons (Fsp3) is 0.765. The molecule has 1 aromatic rings. The van der Waals surface area contributed by atoms with Crippen LogP contribution in [0.4, 0.5) is 0 Å². The van der Waals surface area contributed by atoms with Crippen molar-refractivity contribution in [2.75, 3.05) is 0 Å². The summed E-state index contributed by atoms with van der Waals surface area (Å²) in [7, 11) is 0. The van der Waals surface area contributed by atoms with Crippen molar-refractivity contribution >= 4 is 11.3 Å². The standard InChI is InChI=1S/C17H27NS/c1-12-10-17(2,3)8-7-15(12)18-11-14-9-13-5-4-6-16(13)19-14/h9,12,15,18H,4-8,10-11H2,1-3H3. The maximum Gasteiger partial charge on any atom is 0.0302 e. The Morgan fingerprint density at radius 2 is 2.21 bits per heavy atom. The highest BCUT2D eigenvalue weighted by molar-refractivity contribution is 7.12. The summed E-state index contributed by atoms with van der Waals surface area (Å²) in [6.07, 6.45) is 8.11. The third kappa shape index (κ3) is 3.05. The van der Waals surface area contributed by atoms with Gasteiger partial charge < -0.3 is 5.32 Å². The molecule has 2 unspecified atom stereocenters. The second-order valence-electron chi connectivity index (χ2n) is 7.39. The molecule has 0 spiro atoms. The Morgan fingerprint density at radius 1 is 1.37 bits per heavy atom. The van der Waals surface area contributed by atoms with Crippen molar-refractivity contribution in [2.45, 2.75) is 71.9 Å². The van der Waals surface area contributed by atoms with Gasteiger partial charge in [0.05, 0.1) is 0 Å². The second-order valence-corrected chi connectivity index (χ2v) is 8.61. The molecular formula is C17H27NS. The predicted octanol–water partition coefficient (Wildman–Crippen LogP) is 4.54. The molecule has 0 saturated heterocycles. The van der Waals surface area contributed by atoms with Gasteiger partial charge in [0.25, 0.3) is 0 Å². The van der Waals surface area contributed by atoms with E-state index in [-0.39, 0.29) is 0 Å². The first-order chi connectivity index (χ1) is 9.03. The van der Waals surface area contributed by atoms with E-state index in [2.05, 4.69) is 32.2 Å². The first-order valence-corrected chi connectivity index (χ1v) is 8.69. The summed E-state index contributed by atoms with van der Waals surface area (Å²) in [4.78, 5) is 3.22. The van der Waals surface area contributed by atoms with E-state index in [0.717, 1.165) is 18.5 Å². The van der Waals surface area contributed by atoms with E-state index in [0.29, 0.717) is 5.41 Å². The molecule has 1 saturated carbocycles. The van der Waals surface area contributed by atoms with Crippen LogP contribution in [0.2, 0.25) is 0 Å². The number of hydrogen-bond donors (Lipinski definition) is 1. The summed E-state index contributed by atoms with van der Waals surface area (Å²) >= 11 is 2.05. The van der Waals surface area contributed by atoms with Crippen molar-refractivity contribution in [3.05, 3.63) is 21.4 Å². The maximum absolute atomic E-state index is 3.82. The zero-order valence-electron chi connectivity index (χ0n) is 12.6. The summed E-state index contributed by atoms with van der Waals surface area (Å²) in [5, 5.41) is 3.82. The molecule has 1 fully saturated rings. The van der Waals surface area contributed by atoms with Crippen molar-refractivity contribution in [3.63, 3.8) is 0 Å². The summed E-state index contributed by atoms with van der Waals surface area (Å²) < 4.78 is 0. The van der Waals surface area contributed by atoms with Crippen LogP contribution in [0.1, 0.15) is 61.8 Å². The highest BCUT2D eigenvalue weighted by Crippen LogP contribution is 2.38. The Morgan fingerprint density at radius 3 is 2.95 bits per heavy atom. The summed E-state index contributed by atoms with van der Waals surface area (Å²) in [5.41, 5.74) is 2.20. The molecule has 0 bridgehead atoms. The molecule has 0 amide bonds. The van der Waals surface area contributed by atoms with E-state index in [9.17, 15) is 0 Å². The van der Waals surface area contributed by atoms with Gasteiger partial charge in [0.2, 0.25) is 0 Å². The lowest BCUT2D eigenvalue weighted by Crippen LogP contribution is -2.41. The van der Waals surface area contributed by atoms with Crippen LogP contribution in [-0.4, -0.2) is 6.04 Å². The second kappa shape index (κ2) is 5.21. The topological polar surface area (TPSA) is 12.0 Å². The van der Waals surface area contributed by atoms with Crippen molar-refractivity contribution in [1.82, 2.24) is 5.32 Å². The highest BCUT2D eigenvalue weighted by Gasteiger charge is 2.32. The maximum atomic E-state index is 3.82. The summed E-state index contributed by atoms with van der Waals surface area (Å²) in [6, 6.07) is 3.18. The first kappa shape index (κ1) is 13.6. The Kier molecular flexibility index (Phi) is 3.74. The Hall–Kier alpha value is -0.340. The Balaban J connectivity index is 1.54. The Bertz CT molecular complexity index is 425. The monoisotopic (exact) mass is 277 g/mol. The van der Waals surface area contributed by atoms with Gasteiger partial charge in [0, 0.05) is 22.3 Å². The fourth-order valence-electron chi connectivity index (χ4n) is 3.96. The van der Waals surface area contributed by atoms with Crippen molar-refractivity contribution in [3.8, 4) is 0 Å². The number of nitrogens with one attached hydrogen (secondary N) is 1. The molecule has 3 rings (SSSR count). The predicted molar refractivity (Wildman–Crippen MR) is 83.8 cm³/mol. The van der Waals surface area contributed by atoms with E-state index in [1.54, 1.807) is 15.3 Å². The van der Waals surface area contributed by atoms with Crippen LogP contribution < -0.4 is 5.32 Å². The van der Waals surface area contributed by atoms with Gasteiger partial charge >= 0.3 is 0 Å². The SMILES string of the molecule is CC1CC(C)(C)CCC1NCc1cc2c(s1)CCC2. The van der Waals surface area contributed by atoms with E-state index in [4.69, 9.17) is 0 Å². The van der Waals surface area contributed by atoms with Gasteiger partial charge in [-0.05, 0) is 61.5 Å². The molecule has 106 valence electrons. The average Bonchev–Trinajstić information content (AvgIpc) is 2.87. The molecule has 2 aliphatic rings. The average molecular weight is 277 g/mol. The van der Waals surface area contributed by atoms with Gasteiger partial charge in [-0.15, -0.1) is 11.3 Å². The smallest absolute Gasteiger partial charge is 0.0302 e. The van der Waals surface area contributed by atoms with Crippen LogP contribution in [0.15, 0.2) is 6.07 Å². The lowest BCUT2D eigenvalue weighted by molar-refractivity contribution is 0.148. The first-order valence-electron chi connectivity index (χ1n) is 7.87. The molecule has 1 aromatic heterocycles. The van der Waals surface area contributed by atoms with Crippen molar-refractivity contribution in [1.29, 1.82) is 0 Å². The quantitative estimate of drug-likeness (QED) is 0.855. The number of rotatable bonds is 3. The molecule has 0 aliphatic heterocycles. The van der Waals surface area contributed by atoms with E-state index >= 15 is 0 Å². The van der Waals surface area contributed by atoms with Gasteiger partial charge in [-0.2, -0.15) is 0 Å². The zero-order chi connectivity index (χ0) is 13.5. The molecular weight excluding hydrogens is 250 g/mol. The third-order valence-electron chi connectivity index (χ3n) is 5.03. The third-order valence-corrected chi connectivity index (χ3v) is 6.27. The molecule has 2 atom stereocenters. The highest BCUT2D eigenvalue weighted by atomic mass is 32.1. The summed E-state index contributed by atoms with van der Waals surface area (Å²) in [6.45, 7) is 8.35. The largest absolute Gasteiger partial charge is 0.309 e. The Labute approximate surface area is 121 Å². The molecule has 1 heterocycles. The normalized spacial score (nSPS) is 29.4. The summed E-state index contributed by atoms with van der Waals surface area (Å²) in [5.74, 6) is 0.815. The van der Waals surface area contributed by atoms with Crippen LogP contribution in [0.5, 0.6) is 0 Å². The number of hydrogen-bond acceptors (Lipinski definition) is 2. The van der Waals surface area contributed by atoms with Crippen molar-refractivity contribution in [2.24, 2.45) is 11.3 Å². The molecule has 0 radical (unpaired) electrons. The molecule has 1 N–H and O–H groups in total. The van der Waals surface area contributed by atoms with E-state index < -0.39 is 0 Å².